The van der Waals surface area contributed by atoms with Crippen molar-refractivity contribution >= 4 is 59.3 Å². The van der Waals surface area contributed by atoms with Crippen molar-refractivity contribution < 1.29 is 14.4 Å². The molecule has 9 heteroatoms. The molecular formula is C22H19Cl2N2O3PS. The van der Waals surface area contributed by atoms with Gasteiger partial charge in [0, 0.05) is 44.3 Å². The van der Waals surface area contributed by atoms with Gasteiger partial charge < -0.3 is 14.4 Å². The van der Waals surface area contributed by atoms with Gasteiger partial charge in [-0.3, -0.25) is 8.87 Å². The summed E-state index contributed by atoms with van der Waals surface area (Å²) in [6.07, 6.45) is 1.57. The predicted octanol–water partition coefficient (Wildman–Crippen LogP) is 6.65. The number of halogens is 2. The van der Waals surface area contributed by atoms with Gasteiger partial charge in [-0.25, -0.2) is 0 Å². The fourth-order valence-electron chi connectivity index (χ4n) is 3.30. The minimum absolute atomic E-state index is 0.446. The van der Waals surface area contributed by atoms with E-state index in [0.29, 0.717) is 20.6 Å². The molecule has 1 aromatic heterocycles. The van der Waals surface area contributed by atoms with Crippen LogP contribution in [-0.2, 0) is 11.1 Å². The van der Waals surface area contributed by atoms with Crippen LogP contribution in [0.1, 0.15) is 5.56 Å². The molecule has 4 aromatic rings. The third-order valence-electron chi connectivity index (χ3n) is 4.60. The molecule has 160 valence electrons. The van der Waals surface area contributed by atoms with Gasteiger partial charge in [-0.1, -0.05) is 53.5 Å². The molecule has 0 aliphatic rings. The first-order chi connectivity index (χ1) is 14.8. The Balaban J connectivity index is 1.66. The van der Waals surface area contributed by atoms with Gasteiger partial charge in [0.05, 0.1) is 0 Å². The molecule has 0 saturated heterocycles. The monoisotopic (exact) mass is 492 g/mol. The van der Waals surface area contributed by atoms with Gasteiger partial charge in [0.25, 0.3) is 0 Å². The number of rotatable bonds is 7. The highest BCUT2D eigenvalue weighted by Gasteiger charge is 2.22. The van der Waals surface area contributed by atoms with Crippen molar-refractivity contribution in [3.8, 4) is 0 Å². The smallest absolute Gasteiger partial charge is 0.343 e. The van der Waals surface area contributed by atoms with Crippen molar-refractivity contribution in [1.82, 2.24) is 4.57 Å². The van der Waals surface area contributed by atoms with E-state index in [2.05, 4.69) is 16.7 Å². The van der Waals surface area contributed by atoms with Crippen LogP contribution >= 0.6 is 42.7 Å². The van der Waals surface area contributed by atoms with Gasteiger partial charge in [0.1, 0.15) is 6.29 Å². The molecule has 0 aliphatic heterocycles. The molecule has 4 rings (SSSR count). The number of nitrogens with zero attached hydrogens (tertiary/aromatic N) is 2. The fraction of sp³-hybridized carbons (Fsp3) is 0.0909. The Bertz CT molecular complexity index is 1240. The number of aromatic nitrogens is 1. The maximum absolute atomic E-state index is 11.8. The number of hydrogen-bond acceptors (Lipinski definition) is 3. The SMILES string of the molecule is O=P(O)(O)CN(Sc1cc(Cl)cc(Cl)c1)c1ccc2c(ccn2Cc2ccccc2)c1. The van der Waals surface area contributed by atoms with E-state index in [4.69, 9.17) is 23.2 Å². The summed E-state index contributed by atoms with van der Waals surface area (Å²) in [7, 11) is -4.32. The van der Waals surface area contributed by atoms with Crippen molar-refractivity contribution in [2.24, 2.45) is 0 Å². The van der Waals surface area contributed by atoms with Crippen LogP contribution in [-0.4, -0.2) is 20.6 Å². The minimum Gasteiger partial charge on any atom is -0.343 e. The molecule has 0 atom stereocenters. The van der Waals surface area contributed by atoms with E-state index in [9.17, 15) is 14.4 Å². The molecule has 3 aromatic carbocycles. The van der Waals surface area contributed by atoms with E-state index in [1.165, 1.54) is 17.5 Å². The molecule has 0 unspecified atom stereocenters. The third kappa shape index (κ3) is 5.86. The van der Waals surface area contributed by atoms with E-state index < -0.39 is 13.9 Å². The van der Waals surface area contributed by atoms with Crippen LogP contribution in [0, 0.1) is 0 Å². The summed E-state index contributed by atoms with van der Waals surface area (Å²) in [6.45, 7) is 0.742. The molecule has 31 heavy (non-hydrogen) atoms. The summed E-state index contributed by atoms with van der Waals surface area (Å²) >= 11 is 13.4. The summed E-state index contributed by atoms with van der Waals surface area (Å²) in [5.41, 5.74) is 2.91. The first-order valence-electron chi connectivity index (χ1n) is 9.36. The normalized spacial score (nSPS) is 11.7. The molecule has 0 aliphatic carbocycles. The molecule has 1 heterocycles. The summed E-state index contributed by atoms with van der Waals surface area (Å²) in [6, 6.07) is 22.9. The zero-order chi connectivity index (χ0) is 22.0. The Morgan fingerprint density at radius 2 is 1.65 bits per heavy atom. The summed E-state index contributed by atoms with van der Waals surface area (Å²) in [5, 5.41) is 1.90. The van der Waals surface area contributed by atoms with Crippen molar-refractivity contribution in [1.29, 1.82) is 0 Å². The Morgan fingerprint density at radius 3 is 2.32 bits per heavy atom. The Kier molecular flexibility index (Phi) is 6.68. The molecule has 0 radical (unpaired) electrons. The second kappa shape index (κ2) is 9.29. The lowest BCUT2D eigenvalue weighted by Gasteiger charge is -2.24. The molecule has 2 N–H and O–H groups in total. The second-order valence-corrected chi connectivity index (χ2v) is 10.6. The maximum Gasteiger partial charge on any atom is 0.345 e. The largest absolute Gasteiger partial charge is 0.345 e. The van der Waals surface area contributed by atoms with Crippen LogP contribution in [0.15, 0.2) is 83.9 Å². The molecule has 0 spiro atoms. The third-order valence-corrected chi connectivity index (χ3v) is 6.89. The summed E-state index contributed by atoms with van der Waals surface area (Å²) < 4.78 is 15.5. The lowest BCUT2D eigenvalue weighted by Crippen LogP contribution is -2.16. The first kappa shape index (κ1) is 22.3. The van der Waals surface area contributed by atoms with Crippen LogP contribution in [0.25, 0.3) is 10.9 Å². The van der Waals surface area contributed by atoms with Crippen LogP contribution < -0.4 is 4.31 Å². The van der Waals surface area contributed by atoms with Gasteiger partial charge in [-0.15, -0.1) is 0 Å². The standard InChI is InChI=1S/C22H19Cl2N2O3PS/c23-18-11-19(24)13-21(12-18)31-26(15-30(27,28)29)20-6-7-22-17(10-20)8-9-25(22)14-16-4-2-1-3-5-16/h1-13H,14-15H2,(H2,27,28,29). The Labute approximate surface area is 194 Å². The van der Waals surface area contributed by atoms with Crippen molar-refractivity contribution in [2.45, 2.75) is 11.4 Å². The number of benzene rings is 3. The Hall–Kier alpha value is -1.92. The average Bonchev–Trinajstić information content (AvgIpc) is 3.08. The quantitative estimate of drug-likeness (QED) is 0.223. The van der Waals surface area contributed by atoms with Gasteiger partial charge in [-0.2, -0.15) is 0 Å². The van der Waals surface area contributed by atoms with Crippen LogP contribution in [0.5, 0.6) is 0 Å². The van der Waals surface area contributed by atoms with Crippen LogP contribution in [0.3, 0.4) is 0 Å². The second-order valence-electron chi connectivity index (χ2n) is 7.05. The minimum atomic E-state index is -4.32. The highest BCUT2D eigenvalue weighted by atomic mass is 35.5. The molecule has 0 saturated carbocycles. The average molecular weight is 493 g/mol. The van der Waals surface area contributed by atoms with Crippen molar-refractivity contribution in [3.05, 3.63) is 94.6 Å². The van der Waals surface area contributed by atoms with E-state index in [1.54, 1.807) is 22.5 Å². The predicted molar refractivity (Wildman–Crippen MR) is 129 cm³/mol. The van der Waals surface area contributed by atoms with Crippen molar-refractivity contribution in [3.63, 3.8) is 0 Å². The zero-order valence-corrected chi connectivity index (χ0v) is 19.5. The van der Waals surface area contributed by atoms with Crippen LogP contribution in [0.4, 0.5) is 5.69 Å². The highest BCUT2D eigenvalue weighted by molar-refractivity contribution is 8.01. The number of fused-ring (bicyclic) bond motifs is 1. The summed E-state index contributed by atoms with van der Waals surface area (Å²) in [4.78, 5) is 19.9. The van der Waals surface area contributed by atoms with Crippen molar-refractivity contribution in [2.75, 3.05) is 10.6 Å². The van der Waals surface area contributed by atoms with Gasteiger partial charge in [-0.05, 0) is 60.0 Å². The molecule has 0 amide bonds. The highest BCUT2D eigenvalue weighted by Crippen LogP contribution is 2.42. The summed E-state index contributed by atoms with van der Waals surface area (Å²) in [5.74, 6) is 0. The Morgan fingerprint density at radius 1 is 0.935 bits per heavy atom. The van der Waals surface area contributed by atoms with E-state index >= 15 is 0 Å². The van der Waals surface area contributed by atoms with Gasteiger partial charge in [0.2, 0.25) is 0 Å². The molecular weight excluding hydrogens is 474 g/mol. The maximum atomic E-state index is 11.8. The number of hydrogen-bond donors (Lipinski definition) is 2. The van der Waals surface area contributed by atoms with E-state index in [1.807, 2.05) is 48.7 Å². The molecule has 5 nitrogen and oxygen atoms in total. The lowest BCUT2D eigenvalue weighted by molar-refractivity contribution is 0.374. The molecule has 0 bridgehead atoms. The molecule has 0 fully saturated rings. The van der Waals surface area contributed by atoms with E-state index in [0.717, 1.165) is 17.4 Å². The first-order valence-corrected chi connectivity index (χ1v) is 12.7. The lowest BCUT2D eigenvalue weighted by atomic mass is 10.2. The van der Waals surface area contributed by atoms with Gasteiger partial charge >= 0.3 is 7.60 Å². The topological polar surface area (TPSA) is 65.7 Å². The van der Waals surface area contributed by atoms with Gasteiger partial charge in [0.15, 0.2) is 0 Å². The van der Waals surface area contributed by atoms with Crippen LogP contribution in [0.2, 0.25) is 10.0 Å². The van der Waals surface area contributed by atoms with E-state index in [-0.39, 0.29) is 0 Å². The number of anilines is 1. The fourth-order valence-corrected chi connectivity index (χ4v) is 5.97. The zero-order valence-electron chi connectivity index (χ0n) is 16.2.